The molecule has 2 aliphatic rings. The number of hydrogen-bond acceptors (Lipinski definition) is 8. The highest BCUT2D eigenvalue weighted by atomic mass is 16.5. The van der Waals surface area contributed by atoms with Crippen LogP contribution in [0, 0.1) is 5.92 Å². The predicted octanol–water partition coefficient (Wildman–Crippen LogP) is 5.64. The topological polar surface area (TPSA) is 92.7 Å². The second kappa shape index (κ2) is 12.4. The monoisotopic (exact) mass is 535 g/mol. The fourth-order valence-electron chi connectivity index (χ4n) is 5.56. The molecular formula is C31H37NO7. The van der Waals surface area contributed by atoms with Crippen LogP contribution in [0.25, 0.3) is 0 Å². The Morgan fingerprint density at radius 2 is 1.51 bits per heavy atom. The first-order valence-electron chi connectivity index (χ1n) is 13.4. The molecule has 3 atom stereocenters. The zero-order valence-corrected chi connectivity index (χ0v) is 23.5. The lowest BCUT2D eigenvalue weighted by atomic mass is 9.66. The first-order chi connectivity index (χ1) is 18.9. The Hall–Kier alpha value is -3.81. The molecule has 1 heterocycles. The Morgan fingerprint density at radius 1 is 0.872 bits per heavy atom. The van der Waals surface area contributed by atoms with E-state index in [9.17, 15) is 9.59 Å². The quantitative estimate of drug-likeness (QED) is 0.364. The zero-order chi connectivity index (χ0) is 28.1. The summed E-state index contributed by atoms with van der Waals surface area (Å²) < 4.78 is 27.8. The van der Waals surface area contributed by atoms with Gasteiger partial charge in [-0.2, -0.15) is 0 Å². The van der Waals surface area contributed by atoms with Crippen molar-refractivity contribution in [3.8, 4) is 23.0 Å². The summed E-state index contributed by atoms with van der Waals surface area (Å²) in [5.41, 5.74) is 3.51. The number of nitrogens with zero attached hydrogens (tertiary/aromatic N) is 1. The fourth-order valence-corrected chi connectivity index (χ4v) is 5.56. The average molecular weight is 536 g/mol. The lowest BCUT2D eigenvalue weighted by Gasteiger charge is -2.38. The molecule has 0 amide bonds. The summed E-state index contributed by atoms with van der Waals surface area (Å²) in [4.78, 5) is 31.9. The predicted molar refractivity (Wildman–Crippen MR) is 148 cm³/mol. The van der Waals surface area contributed by atoms with Crippen molar-refractivity contribution in [2.24, 2.45) is 10.9 Å². The molecule has 0 radical (unpaired) electrons. The largest absolute Gasteiger partial charge is 0.493 e. The van der Waals surface area contributed by atoms with Crippen LogP contribution in [0.15, 0.2) is 52.7 Å². The van der Waals surface area contributed by atoms with E-state index < -0.39 is 17.8 Å². The van der Waals surface area contributed by atoms with Crippen molar-refractivity contribution in [1.29, 1.82) is 0 Å². The van der Waals surface area contributed by atoms with Gasteiger partial charge in [-0.15, -0.1) is 0 Å². The molecule has 0 N–H and O–H groups in total. The summed E-state index contributed by atoms with van der Waals surface area (Å²) in [6.07, 6.45) is 1.77. The van der Waals surface area contributed by atoms with Crippen LogP contribution in [0.2, 0.25) is 0 Å². The highest BCUT2D eigenvalue weighted by Crippen LogP contribution is 2.48. The van der Waals surface area contributed by atoms with Gasteiger partial charge in [0.15, 0.2) is 23.0 Å². The molecule has 0 aromatic heterocycles. The second-order valence-electron chi connectivity index (χ2n) is 9.72. The number of aliphatic imine (C=N–C) groups is 1. The van der Waals surface area contributed by atoms with Crippen molar-refractivity contribution in [3.05, 3.63) is 58.8 Å². The van der Waals surface area contributed by atoms with E-state index in [-0.39, 0.29) is 18.3 Å². The number of esters is 1. The molecule has 0 saturated heterocycles. The van der Waals surface area contributed by atoms with Crippen LogP contribution >= 0.6 is 0 Å². The number of ketones is 1. The minimum Gasteiger partial charge on any atom is -0.493 e. The van der Waals surface area contributed by atoms with E-state index in [1.54, 1.807) is 28.3 Å². The van der Waals surface area contributed by atoms with Crippen LogP contribution in [0.1, 0.15) is 63.0 Å². The maximum absolute atomic E-state index is 13.9. The molecule has 1 aliphatic carbocycles. The zero-order valence-electron chi connectivity index (χ0n) is 23.5. The Labute approximate surface area is 230 Å². The van der Waals surface area contributed by atoms with Gasteiger partial charge in [-0.25, -0.2) is 4.79 Å². The number of carbonyl (C=O) groups is 2. The van der Waals surface area contributed by atoms with Gasteiger partial charge < -0.3 is 23.7 Å². The van der Waals surface area contributed by atoms with E-state index in [1.165, 1.54) is 0 Å². The van der Waals surface area contributed by atoms with Crippen LogP contribution in [-0.2, 0) is 14.3 Å². The Balaban J connectivity index is 1.77. The molecule has 4 rings (SSSR count). The van der Waals surface area contributed by atoms with Crippen molar-refractivity contribution in [1.82, 2.24) is 0 Å². The number of carbonyl (C=O) groups excluding carboxylic acids is 2. The number of rotatable bonds is 10. The van der Waals surface area contributed by atoms with E-state index >= 15 is 0 Å². The maximum Gasteiger partial charge on any atom is 0.336 e. The van der Waals surface area contributed by atoms with Crippen LogP contribution in [-0.4, -0.2) is 52.0 Å². The van der Waals surface area contributed by atoms with E-state index in [1.807, 2.05) is 50.2 Å². The van der Waals surface area contributed by atoms with Crippen LogP contribution in [0.4, 0.5) is 0 Å². The molecule has 8 heteroatoms. The summed E-state index contributed by atoms with van der Waals surface area (Å²) in [6.45, 7) is 6.40. The molecule has 1 unspecified atom stereocenters. The van der Waals surface area contributed by atoms with Gasteiger partial charge in [-0.1, -0.05) is 19.1 Å². The molecule has 0 spiro atoms. The smallest absolute Gasteiger partial charge is 0.336 e. The molecule has 1 saturated carbocycles. The molecule has 0 bridgehead atoms. The van der Waals surface area contributed by atoms with Crippen molar-refractivity contribution >= 4 is 17.5 Å². The molecule has 208 valence electrons. The first-order valence-corrected chi connectivity index (χ1v) is 13.4. The Bertz CT molecular complexity index is 1300. The summed E-state index contributed by atoms with van der Waals surface area (Å²) >= 11 is 0. The van der Waals surface area contributed by atoms with Gasteiger partial charge >= 0.3 is 5.97 Å². The van der Waals surface area contributed by atoms with E-state index in [2.05, 4.69) is 0 Å². The summed E-state index contributed by atoms with van der Waals surface area (Å²) in [5, 5.41) is 0. The molecule has 8 nitrogen and oxygen atoms in total. The third kappa shape index (κ3) is 5.65. The number of ether oxygens (including phenoxy) is 5. The number of hydrogen-bond donors (Lipinski definition) is 0. The summed E-state index contributed by atoms with van der Waals surface area (Å²) in [7, 11) is 4.77. The number of Topliss-reactive ketones (excluding diaryl/α,β-unsaturated/α-hetero) is 1. The lowest BCUT2D eigenvalue weighted by molar-refractivity contribution is -0.139. The van der Waals surface area contributed by atoms with E-state index in [4.69, 9.17) is 28.7 Å². The highest BCUT2D eigenvalue weighted by Gasteiger charge is 2.46. The van der Waals surface area contributed by atoms with Crippen LogP contribution < -0.4 is 18.9 Å². The van der Waals surface area contributed by atoms with Crippen molar-refractivity contribution < 1.29 is 33.3 Å². The summed E-state index contributed by atoms with van der Waals surface area (Å²) in [6, 6.07) is 11.3. The number of methoxy groups -OCH3 is 3. The standard InChI is InChI=1S/C31H37NO7/c1-7-13-39-25-12-10-20(17-27(25)37-6)29-28(31(34)38-8-2)18(3)32-22-14-21(15-23(33)30(22)29)19-9-11-24(35-4)26(16-19)36-5/h9-12,16-17,21,29-30H,7-8,13-15H2,1-6H3/t21-,29+,30?/m0/s1. The van der Waals surface area contributed by atoms with Gasteiger partial charge in [0.1, 0.15) is 5.78 Å². The second-order valence-corrected chi connectivity index (χ2v) is 9.72. The van der Waals surface area contributed by atoms with Gasteiger partial charge in [-0.05, 0) is 68.0 Å². The number of allylic oxidation sites excluding steroid dienone is 1. The van der Waals surface area contributed by atoms with Gasteiger partial charge in [0.25, 0.3) is 0 Å². The highest BCUT2D eigenvalue weighted by molar-refractivity contribution is 6.12. The van der Waals surface area contributed by atoms with Crippen molar-refractivity contribution in [3.63, 3.8) is 0 Å². The Kier molecular flexibility index (Phi) is 8.94. The van der Waals surface area contributed by atoms with Gasteiger partial charge in [-0.3, -0.25) is 9.79 Å². The van der Waals surface area contributed by atoms with Gasteiger partial charge in [0, 0.05) is 23.7 Å². The number of benzene rings is 2. The SMILES string of the molecule is CCCOc1ccc([C@@H]2C(C(=O)OCC)=C(C)N=C3C[C@H](c4ccc(OC)c(OC)c4)CC(=O)C32)cc1OC. The summed E-state index contributed by atoms with van der Waals surface area (Å²) in [5.74, 6) is 0.824. The third-order valence-electron chi connectivity index (χ3n) is 7.34. The third-order valence-corrected chi connectivity index (χ3v) is 7.34. The maximum atomic E-state index is 13.9. The molecule has 39 heavy (non-hydrogen) atoms. The average Bonchev–Trinajstić information content (AvgIpc) is 2.94. The fraction of sp³-hybridized carbons (Fsp3) is 0.452. The van der Waals surface area contributed by atoms with Crippen LogP contribution in [0.3, 0.4) is 0 Å². The number of fused-ring (bicyclic) bond motifs is 1. The molecule has 1 aliphatic heterocycles. The van der Waals surface area contributed by atoms with Crippen molar-refractivity contribution in [2.45, 2.75) is 51.9 Å². The van der Waals surface area contributed by atoms with Crippen LogP contribution in [0.5, 0.6) is 23.0 Å². The minimum absolute atomic E-state index is 0.0318. The normalized spacial score (nSPS) is 20.6. The lowest BCUT2D eigenvalue weighted by Crippen LogP contribution is -2.41. The molecule has 1 fully saturated rings. The molecule has 2 aromatic rings. The molecule has 2 aromatic carbocycles. The van der Waals surface area contributed by atoms with Gasteiger partial charge in [0.2, 0.25) is 0 Å². The van der Waals surface area contributed by atoms with E-state index in [0.717, 1.165) is 23.3 Å². The Morgan fingerprint density at radius 3 is 2.18 bits per heavy atom. The molecular weight excluding hydrogens is 498 g/mol. The van der Waals surface area contributed by atoms with Crippen molar-refractivity contribution in [2.75, 3.05) is 34.5 Å². The van der Waals surface area contributed by atoms with Gasteiger partial charge in [0.05, 0.1) is 46.0 Å². The van der Waals surface area contributed by atoms with E-state index in [0.29, 0.717) is 53.7 Å². The minimum atomic E-state index is -0.573. The first kappa shape index (κ1) is 28.2.